The molecular weight excluding hydrogens is 325 g/mol. The molecular formula is C17H28NO3PSi. The average molecular weight is 353 g/mol. The Morgan fingerprint density at radius 3 is 2.09 bits per heavy atom. The molecule has 1 N–H and O–H groups in total. The maximum Gasteiger partial charge on any atom is 0.406 e. The van der Waals surface area contributed by atoms with Crippen molar-refractivity contribution in [1.82, 2.24) is 5.09 Å². The van der Waals surface area contributed by atoms with Gasteiger partial charge in [0.05, 0.1) is 13.2 Å². The van der Waals surface area contributed by atoms with Gasteiger partial charge in [-0.2, -0.15) is 0 Å². The summed E-state index contributed by atoms with van der Waals surface area (Å²) in [5.74, 6) is 3.24. The molecule has 0 aliphatic rings. The second kappa shape index (κ2) is 8.82. The summed E-state index contributed by atoms with van der Waals surface area (Å²) in [5, 5.41) is 3.00. The Hall–Kier alpha value is -0.893. The first kappa shape index (κ1) is 20.2. The SMILES string of the molecule is CCOP(=O)(N[C@H](C#C[Si](C)(C)C)c1ccc(C)cc1)OCC. The van der Waals surface area contributed by atoms with Gasteiger partial charge in [-0.05, 0) is 26.3 Å². The minimum absolute atomic E-state index is 0.312. The Bertz CT molecular complexity index is 589. The molecule has 1 aromatic carbocycles. The molecule has 0 saturated heterocycles. The van der Waals surface area contributed by atoms with Crippen LogP contribution in [0.2, 0.25) is 19.6 Å². The maximum absolute atomic E-state index is 12.8. The fourth-order valence-electron chi connectivity index (χ4n) is 1.85. The molecule has 1 atom stereocenters. The molecule has 6 heteroatoms. The number of rotatable bonds is 7. The third kappa shape index (κ3) is 7.47. The van der Waals surface area contributed by atoms with Crippen molar-refractivity contribution in [2.45, 2.75) is 46.5 Å². The zero-order valence-electron chi connectivity index (χ0n) is 15.0. The molecule has 0 aromatic heterocycles. The van der Waals surface area contributed by atoms with Gasteiger partial charge < -0.3 is 0 Å². The van der Waals surface area contributed by atoms with Gasteiger partial charge in [0, 0.05) is 0 Å². The van der Waals surface area contributed by atoms with Crippen LogP contribution >= 0.6 is 7.75 Å². The van der Waals surface area contributed by atoms with Gasteiger partial charge in [-0.25, -0.2) is 9.65 Å². The Kier molecular flexibility index (Phi) is 7.73. The van der Waals surface area contributed by atoms with Gasteiger partial charge in [0.2, 0.25) is 0 Å². The third-order valence-electron chi connectivity index (χ3n) is 2.89. The zero-order valence-corrected chi connectivity index (χ0v) is 16.9. The molecule has 0 aliphatic carbocycles. The molecule has 0 amide bonds. The number of benzene rings is 1. The zero-order chi connectivity index (χ0) is 17.5. The molecule has 0 saturated carbocycles. The van der Waals surface area contributed by atoms with Crippen LogP contribution in [0.4, 0.5) is 0 Å². The van der Waals surface area contributed by atoms with Gasteiger partial charge in [0.15, 0.2) is 0 Å². The lowest BCUT2D eigenvalue weighted by molar-refractivity contribution is 0.209. The highest BCUT2D eigenvalue weighted by Gasteiger charge is 2.28. The van der Waals surface area contributed by atoms with Crippen molar-refractivity contribution in [1.29, 1.82) is 0 Å². The monoisotopic (exact) mass is 353 g/mol. The number of aryl methyl sites for hydroxylation is 1. The predicted molar refractivity (Wildman–Crippen MR) is 99.0 cm³/mol. The van der Waals surface area contributed by atoms with E-state index in [2.05, 4.69) is 36.2 Å². The smallest absolute Gasteiger partial charge is 0.297 e. The van der Waals surface area contributed by atoms with Crippen molar-refractivity contribution in [2.24, 2.45) is 0 Å². The topological polar surface area (TPSA) is 47.6 Å². The molecule has 0 unspecified atom stereocenters. The molecule has 0 bridgehead atoms. The largest absolute Gasteiger partial charge is 0.406 e. The van der Waals surface area contributed by atoms with Crippen LogP contribution < -0.4 is 5.09 Å². The lowest BCUT2D eigenvalue weighted by atomic mass is 10.1. The van der Waals surface area contributed by atoms with E-state index >= 15 is 0 Å². The van der Waals surface area contributed by atoms with E-state index < -0.39 is 15.8 Å². The molecule has 0 fully saturated rings. The van der Waals surface area contributed by atoms with Gasteiger partial charge in [0.1, 0.15) is 14.1 Å². The number of hydrogen-bond acceptors (Lipinski definition) is 3. The van der Waals surface area contributed by atoms with Crippen molar-refractivity contribution in [3.63, 3.8) is 0 Å². The van der Waals surface area contributed by atoms with E-state index in [1.54, 1.807) is 13.8 Å². The maximum atomic E-state index is 12.8. The summed E-state index contributed by atoms with van der Waals surface area (Å²) in [5.41, 5.74) is 5.47. The van der Waals surface area contributed by atoms with Crippen LogP contribution in [0.3, 0.4) is 0 Å². The molecule has 0 heterocycles. The standard InChI is InChI=1S/C17H28NO3PSi/c1-7-20-22(19,21-8-2)18-17(13-14-23(4,5)6)16-11-9-15(3)10-12-16/h9-12,17H,7-8H2,1-6H3,(H,18,19)/t17-/m1/s1. The summed E-state index contributed by atoms with van der Waals surface area (Å²) >= 11 is 0. The summed E-state index contributed by atoms with van der Waals surface area (Å²) in [6, 6.07) is 7.65. The molecule has 4 nitrogen and oxygen atoms in total. The van der Waals surface area contributed by atoms with Crippen LogP contribution in [-0.4, -0.2) is 21.3 Å². The van der Waals surface area contributed by atoms with Crippen LogP contribution in [0.5, 0.6) is 0 Å². The van der Waals surface area contributed by atoms with Crippen LogP contribution in [0, 0.1) is 18.4 Å². The van der Waals surface area contributed by atoms with E-state index in [0.29, 0.717) is 13.2 Å². The summed E-state index contributed by atoms with van der Waals surface area (Å²) < 4.78 is 23.5. The predicted octanol–water partition coefficient (Wildman–Crippen LogP) is 4.69. The van der Waals surface area contributed by atoms with Gasteiger partial charge in [0.25, 0.3) is 0 Å². The Balaban J connectivity index is 3.14. The quantitative estimate of drug-likeness (QED) is 0.439. The van der Waals surface area contributed by atoms with Crippen molar-refractivity contribution in [2.75, 3.05) is 13.2 Å². The van der Waals surface area contributed by atoms with E-state index in [4.69, 9.17) is 9.05 Å². The van der Waals surface area contributed by atoms with Gasteiger partial charge in [-0.15, -0.1) is 5.54 Å². The van der Waals surface area contributed by atoms with Crippen LogP contribution in [-0.2, 0) is 13.6 Å². The first-order chi connectivity index (χ1) is 10.7. The normalized spacial score (nSPS) is 13.3. The van der Waals surface area contributed by atoms with Gasteiger partial charge in [-0.1, -0.05) is 55.4 Å². The highest BCUT2D eigenvalue weighted by molar-refractivity contribution is 7.51. The number of nitrogens with one attached hydrogen (secondary N) is 1. The molecule has 0 spiro atoms. The second-order valence-electron chi connectivity index (χ2n) is 6.33. The lowest BCUT2D eigenvalue weighted by Crippen LogP contribution is -2.22. The average Bonchev–Trinajstić information content (AvgIpc) is 2.44. The van der Waals surface area contributed by atoms with E-state index in [1.165, 1.54) is 5.56 Å². The minimum Gasteiger partial charge on any atom is -0.297 e. The highest BCUT2D eigenvalue weighted by atomic mass is 31.2. The first-order valence-corrected chi connectivity index (χ1v) is 13.0. The molecule has 0 radical (unpaired) electrons. The molecule has 0 aliphatic heterocycles. The minimum atomic E-state index is -3.37. The molecule has 128 valence electrons. The summed E-state index contributed by atoms with van der Waals surface area (Å²) in [7, 11) is -4.92. The van der Waals surface area contributed by atoms with Crippen molar-refractivity contribution in [3.8, 4) is 11.5 Å². The van der Waals surface area contributed by atoms with Crippen molar-refractivity contribution < 1.29 is 13.6 Å². The molecule has 1 aromatic rings. The van der Waals surface area contributed by atoms with Crippen LogP contribution in [0.25, 0.3) is 0 Å². The summed E-state index contributed by atoms with van der Waals surface area (Å²) in [6.07, 6.45) is 0. The van der Waals surface area contributed by atoms with Crippen molar-refractivity contribution >= 4 is 15.8 Å². The molecule has 23 heavy (non-hydrogen) atoms. The Morgan fingerprint density at radius 1 is 1.13 bits per heavy atom. The van der Waals surface area contributed by atoms with E-state index in [0.717, 1.165) is 5.56 Å². The second-order valence-corrected chi connectivity index (χ2v) is 12.8. The first-order valence-electron chi connectivity index (χ1n) is 7.95. The highest BCUT2D eigenvalue weighted by Crippen LogP contribution is 2.45. The summed E-state index contributed by atoms with van der Waals surface area (Å²) in [6.45, 7) is 12.8. The Labute approximate surface area is 141 Å². The van der Waals surface area contributed by atoms with Crippen LogP contribution in [0.1, 0.15) is 31.0 Å². The third-order valence-corrected chi connectivity index (χ3v) is 5.55. The van der Waals surface area contributed by atoms with Crippen LogP contribution in [0.15, 0.2) is 24.3 Å². The summed E-state index contributed by atoms with van der Waals surface area (Å²) in [4.78, 5) is 0. The van der Waals surface area contributed by atoms with E-state index in [-0.39, 0.29) is 6.04 Å². The fraction of sp³-hybridized carbons (Fsp3) is 0.529. The van der Waals surface area contributed by atoms with Crippen molar-refractivity contribution in [3.05, 3.63) is 35.4 Å². The van der Waals surface area contributed by atoms with Gasteiger partial charge in [-0.3, -0.25) is 9.05 Å². The lowest BCUT2D eigenvalue weighted by Gasteiger charge is -2.22. The molecule has 1 rings (SSSR count). The van der Waals surface area contributed by atoms with E-state index in [1.807, 2.05) is 31.2 Å². The number of hydrogen-bond donors (Lipinski definition) is 1. The Morgan fingerprint density at radius 2 is 1.65 bits per heavy atom. The van der Waals surface area contributed by atoms with Gasteiger partial charge >= 0.3 is 7.75 Å². The fourth-order valence-corrected chi connectivity index (χ4v) is 3.86. The van der Waals surface area contributed by atoms with E-state index in [9.17, 15) is 4.57 Å².